The molecule has 0 atom stereocenters. The highest BCUT2D eigenvalue weighted by Gasteiger charge is 1.92. The van der Waals surface area contributed by atoms with Gasteiger partial charge in [0, 0.05) is 16.1 Å². The monoisotopic (exact) mass is 268 g/mol. The summed E-state index contributed by atoms with van der Waals surface area (Å²) in [5, 5.41) is 0.742. The Morgan fingerprint density at radius 1 is 0.842 bits per heavy atom. The summed E-state index contributed by atoms with van der Waals surface area (Å²) in [5.74, 6) is 6.31. The number of aryl methyl sites for hydroxylation is 1. The summed E-state index contributed by atoms with van der Waals surface area (Å²) in [7, 11) is 0. The van der Waals surface area contributed by atoms with E-state index in [1.54, 1.807) is 0 Å². The Morgan fingerprint density at radius 3 is 1.89 bits per heavy atom. The van der Waals surface area contributed by atoms with Gasteiger partial charge in [-0.15, -0.1) is 0 Å². The Morgan fingerprint density at radius 2 is 1.37 bits per heavy atom. The second kappa shape index (κ2) is 7.02. The molecule has 96 valence electrons. The van der Waals surface area contributed by atoms with Gasteiger partial charge in [0.15, 0.2) is 0 Å². The molecule has 0 aliphatic heterocycles. The molecule has 0 aliphatic rings. The molecule has 0 bridgehead atoms. The minimum atomic E-state index is 0.742. The maximum atomic E-state index is 5.84. The first-order valence-electron chi connectivity index (χ1n) is 6.64. The van der Waals surface area contributed by atoms with E-state index >= 15 is 0 Å². The first kappa shape index (κ1) is 13.7. The van der Waals surface area contributed by atoms with E-state index in [1.807, 2.05) is 24.3 Å². The molecule has 0 fully saturated rings. The van der Waals surface area contributed by atoms with Crippen molar-refractivity contribution >= 4 is 11.6 Å². The summed E-state index contributed by atoms with van der Waals surface area (Å²) in [6, 6.07) is 16.1. The van der Waals surface area contributed by atoms with Crippen LogP contribution in [0.2, 0.25) is 5.02 Å². The van der Waals surface area contributed by atoms with Crippen molar-refractivity contribution in [2.24, 2.45) is 0 Å². The van der Waals surface area contributed by atoms with Crippen LogP contribution in [0.1, 0.15) is 36.5 Å². The SMILES string of the molecule is CCCCc1ccc(C#Cc2ccc(Cl)cc2)cc1. The first-order valence-corrected chi connectivity index (χ1v) is 7.02. The Hall–Kier alpha value is -1.71. The molecule has 0 saturated carbocycles. The lowest BCUT2D eigenvalue weighted by molar-refractivity contribution is 0.795. The van der Waals surface area contributed by atoms with Gasteiger partial charge in [0.05, 0.1) is 0 Å². The van der Waals surface area contributed by atoms with Gasteiger partial charge in [-0.25, -0.2) is 0 Å². The van der Waals surface area contributed by atoms with Crippen molar-refractivity contribution in [2.75, 3.05) is 0 Å². The minimum Gasteiger partial charge on any atom is -0.0843 e. The summed E-state index contributed by atoms with van der Waals surface area (Å²) in [6.07, 6.45) is 3.63. The fourth-order valence-corrected chi connectivity index (χ4v) is 1.94. The van der Waals surface area contributed by atoms with Crippen molar-refractivity contribution in [3.8, 4) is 11.8 Å². The van der Waals surface area contributed by atoms with Gasteiger partial charge in [-0.2, -0.15) is 0 Å². The van der Waals surface area contributed by atoms with E-state index in [0.29, 0.717) is 0 Å². The highest BCUT2D eigenvalue weighted by molar-refractivity contribution is 6.30. The lowest BCUT2D eigenvalue weighted by Gasteiger charge is -1.99. The molecule has 0 aliphatic carbocycles. The van der Waals surface area contributed by atoms with E-state index in [2.05, 4.69) is 43.0 Å². The van der Waals surface area contributed by atoms with Gasteiger partial charge in [0.1, 0.15) is 0 Å². The molecule has 2 aromatic rings. The third-order valence-electron chi connectivity index (χ3n) is 2.97. The fraction of sp³-hybridized carbons (Fsp3) is 0.222. The van der Waals surface area contributed by atoms with Gasteiger partial charge in [-0.05, 0) is 54.8 Å². The molecule has 0 saturated heterocycles. The van der Waals surface area contributed by atoms with E-state index in [0.717, 1.165) is 22.6 Å². The molecule has 0 spiro atoms. The van der Waals surface area contributed by atoms with E-state index in [9.17, 15) is 0 Å². The quantitative estimate of drug-likeness (QED) is 0.681. The molecule has 0 N–H and O–H groups in total. The number of unbranched alkanes of at least 4 members (excludes halogenated alkanes) is 1. The van der Waals surface area contributed by atoms with Crippen LogP contribution in [0.4, 0.5) is 0 Å². The van der Waals surface area contributed by atoms with Crippen LogP contribution in [-0.2, 0) is 6.42 Å². The molecule has 0 aromatic heterocycles. The van der Waals surface area contributed by atoms with E-state index in [1.165, 1.54) is 18.4 Å². The van der Waals surface area contributed by atoms with E-state index in [4.69, 9.17) is 11.6 Å². The van der Waals surface area contributed by atoms with Crippen LogP contribution in [0.15, 0.2) is 48.5 Å². The van der Waals surface area contributed by atoms with E-state index < -0.39 is 0 Å². The van der Waals surface area contributed by atoms with Gasteiger partial charge in [-0.1, -0.05) is 48.9 Å². The Labute approximate surface area is 120 Å². The third-order valence-corrected chi connectivity index (χ3v) is 3.22. The summed E-state index contributed by atoms with van der Waals surface area (Å²) < 4.78 is 0. The largest absolute Gasteiger partial charge is 0.0843 e. The van der Waals surface area contributed by atoms with Crippen molar-refractivity contribution in [3.05, 3.63) is 70.2 Å². The summed E-state index contributed by atoms with van der Waals surface area (Å²) in [5.41, 5.74) is 3.42. The molecule has 0 unspecified atom stereocenters. The second-order valence-electron chi connectivity index (χ2n) is 4.56. The molecule has 0 nitrogen and oxygen atoms in total. The van der Waals surface area contributed by atoms with Crippen molar-refractivity contribution in [1.82, 2.24) is 0 Å². The molecule has 1 heteroatoms. The lowest BCUT2D eigenvalue weighted by atomic mass is 10.1. The molecule has 0 heterocycles. The average Bonchev–Trinajstić information content (AvgIpc) is 2.46. The van der Waals surface area contributed by atoms with Gasteiger partial charge in [-0.3, -0.25) is 0 Å². The summed E-state index contributed by atoms with van der Waals surface area (Å²) in [6.45, 7) is 2.21. The van der Waals surface area contributed by atoms with Gasteiger partial charge < -0.3 is 0 Å². The van der Waals surface area contributed by atoms with Crippen LogP contribution in [0, 0.1) is 11.8 Å². The highest BCUT2D eigenvalue weighted by atomic mass is 35.5. The molecular weight excluding hydrogens is 252 g/mol. The van der Waals surface area contributed by atoms with Gasteiger partial charge in [0.2, 0.25) is 0 Å². The smallest absolute Gasteiger partial charge is 0.0406 e. The fourth-order valence-electron chi connectivity index (χ4n) is 1.81. The van der Waals surface area contributed by atoms with Crippen LogP contribution in [0.3, 0.4) is 0 Å². The standard InChI is InChI=1S/C18H17Cl/c1-2-3-4-15-5-7-16(8-6-15)9-10-17-11-13-18(19)14-12-17/h5-8,11-14H,2-4H2,1H3. The summed E-state index contributed by atoms with van der Waals surface area (Å²) >= 11 is 5.84. The topological polar surface area (TPSA) is 0 Å². The van der Waals surface area contributed by atoms with Crippen molar-refractivity contribution in [2.45, 2.75) is 26.2 Å². The van der Waals surface area contributed by atoms with E-state index in [-0.39, 0.29) is 0 Å². The molecule has 19 heavy (non-hydrogen) atoms. The number of hydrogen-bond acceptors (Lipinski definition) is 0. The third kappa shape index (κ3) is 4.47. The minimum absolute atomic E-state index is 0.742. The number of hydrogen-bond donors (Lipinski definition) is 0. The van der Waals surface area contributed by atoms with Gasteiger partial charge in [0.25, 0.3) is 0 Å². The molecule has 2 aromatic carbocycles. The molecule has 2 rings (SSSR count). The van der Waals surface area contributed by atoms with Crippen LogP contribution in [-0.4, -0.2) is 0 Å². The van der Waals surface area contributed by atoms with Crippen LogP contribution < -0.4 is 0 Å². The maximum absolute atomic E-state index is 5.84. The lowest BCUT2D eigenvalue weighted by Crippen LogP contribution is -1.84. The predicted molar refractivity (Wildman–Crippen MR) is 82.5 cm³/mol. The van der Waals surface area contributed by atoms with Crippen molar-refractivity contribution < 1.29 is 0 Å². The first-order chi connectivity index (χ1) is 9.28. The maximum Gasteiger partial charge on any atom is 0.0406 e. The van der Waals surface area contributed by atoms with Crippen molar-refractivity contribution in [3.63, 3.8) is 0 Å². The molecule has 0 radical (unpaired) electrons. The summed E-state index contributed by atoms with van der Waals surface area (Å²) in [4.78, 5) is 0. The zero-order valence-corrected chi connectivity index (χ0v) is 11.9. The Balaban J connectivity index is 2.05. The van der Waals surface area contributed by atoms with Crippen LogP contribution >= 0.6 is 11.6 Å². The molecular formula is C18H17Cl. The zero-order valence-electron chi connectivity index (χ0n) is 11.1. The number of halogens is 1. The Bertz CT molecular complexity index is 568. The average molecular weight is 269 g/mol. The predicted octanol–water partition coefficient (Wildman–Crippen LogP) is 5.08. The Kier molecular flexibility index (Phi) is 5.07. The normalized spacial score (nSPS) is 9.79. The van der Waals surface area contributed by atoms with Crippen molar-refractivity contribution in [1.29, 1.82) is 0 Å². The van der Waals surface area contributed by atoms with Crippen LogP contribution in [0.5, 0.6) is 0 Å². The number of benzene rings is 2. The van der Waals surface area contributed by atoms with Crippen LogP contribution in [0.25, 0.3) is 0 Å². The second-order valence-corrected chi connectivity index (χ2v) is 4.99. The van der Waals surface area contributed by atoms with Gasteiger partial charge >= 0.3 is 0 Å². The number of rotatable bonds is 3. The highest BCUT2D eigenvalue weighted by Crippen LogP contribution is 2.09. The zero-order chi connectivity index (χ0) is 13.5. The molecule has 0 amide bonds.